The number of methoxy groups -OCH3 is 4. The molecule has 2 aromatic carbocycles. The highest BCUT2D eigenvalue weighted by Gasteiger charge is 2.22. The molecule has 0 N–H and O–H groups in total. The monoisotopic (exact) mass is 452 g/mol. The second-order valence-electron chi connectivity index (χ2n) is 6.09. The molecule has 2 rings (SSSR count). The van der Waals surface area contributed by atoms with Crippen molar-refractivity contribution in [3.8, 4) is 11.5 Å². The van der Waals surface area contributed by atoms with Crippen molar-refractivity contribution in [1.29, 1.82) is 0 Å². The third-order valence-electron chi connectivity index (χ3n) is 4.34. The fraction of sp³-hybridized carbons (Fsp3) is 0.273. The van der Waals surface area contributed by atoms with Crippen molar-refractivity contribution < 1.29 is 28.5 Å². The molecule has 0 aliphatic heterocycles. The Balaban J connectivity index is 2.77. The summed E-state index contributed by atoms with van der Waals surface area (Å²) in [6.07, 6.45) is 2.60. The van der Waals surface area contributed by atoms with Crippen molar-refractivity contribution in [2.45, 2.75) is 13.3 Å². The summed E-state index contributed by atoms with van der Waals surface area (Å²) in [7, 11) is 5.39. The number of hydrogen-bond acceptors (Lipinski definition) is 6. The third kappa shape index (κ3) is 4.71. The number of allylic oxidation sites excluding steroid dienone is 1. The van der Waals surface area contributed by atoms with Crippen LogP contribution in [0.5, 0.6) is 11.5 Å². The first-order valence-corrected chi connectivity index (χ1v) is 9.71. The van der Waals surface area contributed by atoms with Crippen molar-refractivity contribution in [3.05, 3.63) is 62.6 Å². The first-order chi connectivity index (χ1) is 14.3. The Morgan fingerprint density at radius 2 is 1.20 bits per heavy atom. The Morgan fingerprint density at radius 1 is 0.800 bits per heavy atom. The summed E-state index contributed by atoms with van der Waals surface area (Å²) in [4.78, 5) is 24.5. The van der Waals surface area contributed by atoms with Crippen molar-refractivity contribution >= 4 is 40.7 Å². The van der Waals surface area contributed by atoms with E-state index in [1.807, 2.05) is 13.0 Å². The lowest BCUT2D eigenvalue weighted by Gasteiger charge is -2.16. The molecule has 0 amide bonds. The summed E-state index contributed by atoms with van der Waals surface area (Å²) >= 11 is 12.7. The lowest BCUT2D eigenvalue weighted by molar-refractivity contribution is 0.0588. The number of carbonyl (C=O) groups excluding carboxylic acids is 2. The predicted molar refractivity (Wildman–Crippen MR) is 116 cm³/mol. The SMILES string of the molecule is CCC=C(c1cc(Cl)c(OC)c(C(=O)OC)c1)c1cc(Cl)c(OC)c(C(=O)OC)c1. The van der Waals surface area contributed by atoms with Crippen LogP contribution in [0.4, 0.5) is 0 Å². The van der Waals surface area contributed by atoms with Crippen LogP contribution in [0, 0.1) is 0 Å². The fourth-order valence-electron chi connectivity index (χ4n) is 3.04. The predicted octanol–water partition coefficient (Wildman–Crippen LogP) is 5.43. The Kier molecular flexibility index (Phi) is 8.15. The summed E-state index contributed by atoms with van der Waals surface area (Å²) in [6, 6.07) is 6.58. The number of halogens is 2. The van der Waals surface area contributed by atoms with Gasteiger partial charge in [-0.05, 0) is 47.4 Å². The van der Waals surface area contributed by atoms with E-state index in [0.717, 1.165) is 0 Å². The van der Waals surface area contributed by atoms with Gasteiger partial charge in [0.25, 0.3) is 0 Å². The van der Waals surface area contributed by atoms with E-state index < -0.39 is 11.9 Å². The zero-order valence-corrected chi connectivity index (χ0v) is 18.8. The molecule has 0 bridgehead atoms. The van der Waals surface area contributed by atoms with Crippen LogP contribution in [-0.2, 0) is 9.47 Å². The molecule has 0 saturated carbocycles. The Bertz CT molecular complexity index is 922. The molecule has 0 atom stereocenters. The van der Waals surface area contributed by atoms with E-state index in [2.05, 4.69) is 0 Å². The minimum Gasteiger partial charge on any atom is -0.494 e. The van der Waals surface area contributed by atoms with Crippen molar-refractivity contribution in [2.75, 3.05) is 28.4 Å². The Hall–Kier alpha value is -2.70. The van der Waals surface area contributed by atoms with E-state index in [-0.39, 0.29) is 32.7 Å². The van der Waals surface area contributed by atoms with Crippen LogP contribution in [0.1, 0.15) is 45.2 Å². The molecule has 0 aliphatic carbocycles. The molecule has 0 heterocycles. The second-order valence-corrected chi connectivity index (χ2v) is 6.90. The van der Waals surface area contributed by atoms with Gasteiger partial charge in [-0.25, -0.2) is 9.59 Å². The quantitative estimate of drug-likeness (QED) is 0.521. The first kappa shape index (κ1) is 23.6. The molecule has 0 aliphatic rings. The Labute approximate surface area is 185 Å². The van der Waals surface area contributed by atoms with Gasteiger partial charge < -0.3 is 18.9 Å². The van der Waals surface area contributed by atoms with Gasteiger partial charge in [0.15, 0.2) is 11.5 Å². The maximum absolute atomic E-state index is 12.3. The van der Waals surface area contributed by atoms with E-state index in [1.165, 1.54) is 28.4 Å². The number of esters is 2. The largest absolute Gasteiger partial charge is 0.494 e. The summed E-state index contributed by atoms with van der Waals surface area (Å²) in [6.45, 7) is 1.96. The van der Waals surface area contributed by atoms with Gasteiger partial charge in [-0.2, -0.15) is 0 Å². The summed E-state index contributed by atoms with van der Waals surface area (Å²) in [5.41, 5.74) is 2.32. The van der Waals surface area contributed by atoms with Crippen molar-refractivity contribution in [3.63, 3.8) is 0 Å². The van der Waals surface area contributed by atoms with Crippen molar-refractivity contribution in [1.82, 2.24) is 0 Å². The van der Waals surface area contributed by atoms with Gasteiger partial charge >= 0.3 is 11.9 Å². The zero-order valence-electron chi connectivity index (χ0n) is 17.3. The summed E-state index contributed by atoms with van der Waals surface area (Å²) in [5.74, 6) is -0.749. The minimum absolute atomic E-state index is 0.178. The minimum atomic E-state index is -0.588. The molecule has 0 spiro atoms. The maximum atomic E-state index is 12.3. The lowest BCUT2D eigenvalue weighted by atomic mass is 9.93. The van der Waals surface area contributed by atoms with Gasteiger partial charge in [-0.15, -0.1) is 0 Å². The van der Waals surface area contributed by atoms with Crippen LogP contribution < -0.4 is 9.47 Å². The molecule has 0 saturated heterocycles. The molecule has 0 fully saturated rings. The average molecular weight is 453 g/mol. The number of ether oxygens (including phenoxy) is 4. The van der Waals surface area contributed by atoms with Crippen LogP contribution in [0.3, 0.4) is 0 Å². The summed E-state index contributed by atoms with van der Waals surface area (Å²) < 4.78 is 20.2. The van der Waals surface area contributed by atoms with E-state index >= 15 is 0 Å². The normalized spacial score (nSPS) is 10.2. The number of hydrogen-bond donors (Lipinski definition) is 0. The van der Waals surface area contributed by atoms with E-state index in [1.54, 1.807) is 24.3 Å². The highest BCUT2D eigenvalue weighted by Crippen LogP contribution is 2.38. The molecule has 160 valence electrons. The molecule has 8 heteroatoms. The highest BCUT2D eigenvalue weighted by molar-refractivity contribution is 6.33. The van der Waals surface area contributed by atoms with E-state index in [4.69, 9.17) is 42.1 Å². The van der Waals surface area contributed by atoms with E-state index in [0.29, 0.717) is 23.1 Å². The molecule has 0 unspecified atom stereocenters. The standard InChI is InChI=1S/C22H22Cl2O6/c1-6-7-14(12-8-15(21(25)29-4)19(27-2)17(23)10-12)13-9-16(22(26)30-5)20(28-3)18(24)11-13/h7-11H,6H2,1-5H3. The number of rotatable bonds is 7. The number of benzene rings is 2. The fourth-order valence-corrected chi connectivity index (χ4v) is 3.64. The van der Waals surface area contributed by atoms with Gasteiger partial charge in [-0.1, -0.05) is 36.2 Å². The van der Waals surface area contributed by atoms with Gasteiger partial charge in [0.05, 0.1) is 38.5 Å². The van der Waals surface area contributed by atoms with Gasteiger partial charge in [0.2, 0.25) is 0 Å². The van der Waals surface area contributed by atoms with Crippen LogP contribution in [0.15, 0.2) is 30.3 Å². The number of carbonyl (C=O) groups is 2. The zero-order chi connectivity index (χ0) is 22.4. The lowest BCUT2D eigenvalue weighted by Crippen LogP contribution is -2.07. The summed E-state index contributed by atoms with van der Waals surface area (Å²) in [5, 5.41) is 0.482. The van der Waals surface area contributed by atoms with Crippen LogP contribution in [-0.4, -0.2) is 40.4 Å². The van der Waals surface area contributed by atoms with E-state index in [9.17, 15) is 9.59 Å². The van der Waals surface area contributed by atoms with Gasteiger partial charge in [0.1, 0.15) is 11.1 Å². The second kappa shape index (κ2) is 10.4. The molecule has 6 nitrogen and oxygen atoms in total. The van der Waals surface area contributed by atoms with Crippen LogP contribution in [0.2, 0.25) is 10.0 Å². The van der Waals surface area contributed by atoms with Gasteiger partial charge in [-0.3, -0.25) is 0 Å². The molecular formula is C22H22Cl2O6. The highest BCUT2D eigenvalue weighted by atomic mass is 35.5. The maximum Gasteiger partial charge on any atom is 0.341 e. The first-order valence-electron chi connectivity index (χ1n) is 8.95. The molecule has 30 heavy (non-hydrogen) atoms. The topological polar surface area (TPSA) is 71.1 Å². The van der Waals surface area contributed by atoms with Gasteiger partial charge in [0, 0.05) is 0 Å². The average Bonchev–Trinajstić information content (AvgIpc) is 2.75. The molecule has 2 aromatic rings. The molecule has 0 radical (unpaired) electrons. The molecule has 0 aromatic heterocycles. The Morgan fingerprint density at radius 3 is 1.50 bits per heavy atom. The smallest absolute Gasteiger partial charge is 0.341 e. The van der Waals surface area contributed by atoms with Crippen molar-refractivity contribution in [2.24, 2.45) is 0 Å². The van der Waals surface area contributed by atoms with Crippen LogP contribution in [0.25, 0.3) is 5.57 Å². The van der Waals surface area contributed by atoms with Crippen LogP contribution >= 0.6 is 23.2 Å². The third-order valence-corrected chi connectivity index (χ3v) is 4.90. The molecular weight excluding hydrogens is 431 g/mol.